The summed E-state index contributed by atoms with van der Waals surface area (Å²) in [6.07, 6.45) is 2.94. The van der Waals surface area contributed by atoms with Gasteiger partial charge in [-0.05, 0) is 57.5 Å². The molecular formula is C24H32N2O. The molecule has 2 aromatic rings. The maximum absolute atomic E-state index is 13.6. The van der Waals surface area contributed by atoms with Crippen molar-refractivity contribution in [3.8, 4) is 0 Å². The highest BCUT2D eigenvalue weighted by atomic mass is 16.2. The second kappa shape index (κ2) is 9.18. The van der Waals surface area contributed by atoms with Gasteiger partial charge in [-0.3, -0.25) is 4.79 Å². The van der Waals surface area contributed by atoms with Crippen LogP contribution in [-0.4, -0.2) is 41.9 Å². The molecule has 1 aliphatic rings. The Bertz CT molecular complexity index is 718. The van der Waals surface area contributed by atoms with Crippen molar-refractivity contribution >= 4 is 5.91 Å². The number of likely N-dealkylation sites (tertiary alicyclic amines) is 1. The quantitative estimate of drug-likeness (QED) is 0.747. The number of amides is 1. The van der Waals surface area contributed by atoms with Crippen molar-refractivity contribution in [2.24, 2.45) is 0 Å². The Labute approximate surface area is 164 Å². The zero-order chi connectivity index (χ0) is 19.2. The average Bonchev–Trinajstić information content (AvgIpc) is 2.70. The van der Waals surface area contributed by atoms with Crippen LogP contribution in [0.15, 0.2) is 54.6 Å². The minimum absolute atomic E-state index is 0.0590. The van der Waals surface area contributed by atoms with E-state index >= 15 is 0 Å². The van der Waals surface area contributed by atoms with Crippen LogP contribution in [0.2, 0.25) is 0 Å². The van der Waals surface area contributed by atoms with Gasteiger partial charge < -0.3 is 9.80 Å². The van der Waals surface area contributed by atoms with Crippen LogP contribution >= 0.6 is 0 Å². The first-order valence-electron chi connectivity index (χ1n) is 10.2. The highest BCUT2D eigenvalue weighted by molar-refractivity contribution is 5.84. The first kappa shape index (κ1) is 19.6. The number of carbonyl (C=O) groups is 1. The highest BCUT2D eigenvalue weighted by Crippen LogP contribution is 2.27. The van der Waals surface area contributed by atoms with Crippen molar-refractivity contribution < 1.29 is 4.79 Å². The van der Waals surface area contributed by atoms with Gasteiger partial charge in [0.1, 0.15) is 0 Å². The first-order valence-corrected chi connectivity index (χ1v) is 10.2. The third-order valence-electron chi connectivity index (χ3n) is 5.79. The Morgan fingerprint density at radius 3 is 2.30 bits per heavy atom. The predicted molar refractivity (Wildman–Crippen MR) is 112 cm³/mol. The van der Waals surface area contributed by atoms with Crippen LogP contribution in [0.25, 0.3) is 0 Å². The number of rotatable bonds is 6. The van der Waals surface area contributed by atoms with Crippen LogP contribution in [0, 0.1) is 6.92 Å². The van der Waals surface area contributed by atoms with E-state index in [0.717, 1.165) is 37.9 Å². The van der Waals surface area contributed by atoms with Crippen molar-refractivity contribution in [1.82, 2.24) is 9.80 Å². The minimum Gasteiger partial charge on any atom is -0.335 e. The SMILES string of the molecule is CCC(C(=O)N(Cc1ccc(C)cc1)C1CCN(C)CC1)c1ccccc1. The second-order valence-corrected chi connectivity index (χ2v) is 7.86. The number of hydrogen-bond donors (Lipinski definition) is 0. The number of benzene rings is 2. The Balaban J connectivity index is 1.85. The van der Waals surface area contributed by atoms with Crippen LogP contribution < -0.4 is 0 Å². The topological polar surface area (TPSA) is 23.6 Å². The fraction of sp³-hybridized carbons (Fsp3) is 0.458. The molecule has 0 aliphatic carbocycles. The monoisotopic (exact) mass is 364 g/mol. The standard InChI is InChI=1S/C24H32N2O/c1-4-23(21-8-6-5-7-9-21)24(27)26(22-14-16-25(3)17-15-22)18-20-12-10-19(2)11-13-20/h5-13,22-23H,4,14-18H2,1-3H3. The third-order valence-corrected chi connectivity index (χ3v) is 5.79. The molecule has 0 aromatic heterocycles. The van der Waals surface area contributed by atoms with E-state index in [4.69, 9.17) is 0 Å². The van der Waals surface area contributed by atoms with Crippen molar-refractivity contribution in [2.75, 3.05) is 20.1 Å². The minimum atomic E-state index is -0.0590. The fourth-order valence-electron chi connectivity index (χ4n) is 4.02. The van der Waals surface area contributed by atoms with Crippen molar-refractivity contribution in [3.63, 3.8) is 0 Å². The van der Waals surface area contributed by atoms with Crippen LogP contribution in [0.4, 0.5) is 0 Å². The van der Waals surface area contributed by atoms with Gasteiger partial charge in [-0.1, -0.05) is 67.1 Å². The summed E-state index contributed by atoms with van der Waals surface area (Å²) in [5.41, 5.74) is 3.61. The number of aryl methyl sites for hydroxylation is 1. The van der Waals surface area contributed by atoms with E-state index in [2.05, 4.69) is 67.1 Å². The van der Waals surface area contributed by atoms with Crippen molar-refractivity contribution in [1.29, 1.82) is 0 Å². The van der Waals surface area contributed by atoms with E-state index in [-0.39, 0.29) is 11.8 Å². The zero-order valence-corrected chi connectivity index (χ0v) is 16.9. The van der Waals surface area contributed by atoms with Crippen LogP contribution in [0.3, 0.4) is 0 Å². The molecule has 1 heterocycles. The third kappa shape index (κ3) is 4.98. The van der Waals surface area contributed by atoms with E-state index in [1.807, 2.05) is 18.2 Å². The van der Waals surface area contributed by atoms with Gasteiger partial charge in [-0.15, -0.1) is 0 Å². The molecule has 0 bridgehead atoms. The molecule has 27 heavy (non-hydrogen) atoms. The molecular weight excluding hydrogens is 332 g/mol. The lowest BCUT2D eigenvalue weighted by molar-refractivity contribution is -0.137. The molecule has 144 valence electrons. The number of nitrogens with zero attached hydrogens (tertiary/aromatic N) is 2. The fourth-order valence-corrected chi connectivity index (χ4v) is 4.02. The van der Waals surface area contributed by atoms with Crippen molar-refractivity contribution in [2.45, 2.75) is 51.6 Å². The summed E-state index contributed by atoms with van der Waals surface area (Å²) in [6.45, 7) is 7.05. The number of hydrogen-bond acceptors (Lipinski definition) is 2. The lowest BCUT2D eigenvalue weighted by atomic mass is 9.92. The normalized spacial score (nSPS) is 16.9. The number of piperidine rings is 1. The lowest BCUT2D eigenvalue weighted by Crippen LogP contribution is -2.47. The maximum atomic E-state index is 13.6. The number of carbonyl (C=O) groups excluding carboxylic acids is 1. The van der Waals surface area contributed by atoms with Gasteiger partial charge in [0.15, 0.2) is 0 Å². The highest BCUT2D eigenvalue weighted by Gasteiger charge is 2.31. The molecule has 1 saturated heterocycles. The summed E-state index contributed by atoms with van der Waals surface area (Å²) in [5.74, 6) is 0.218. The van der Waals surface area contributed by atoms with Crippen LogP contribution in [0.1, 0.15) is 48.8 Å². The molecule has 2 aromatic carbocycles. The summed E-state index contributed by atoms with van der Waals surface area (Å²) in [6, 6.07) is 19.2. The largest absolute Gasteiger partial charge is 0.335 e. The van der Waals surface area contributed by atoms with Gasteiger partial charge in [0, 0.05) is 12.6 Å². The smallest absolute Gasteiger partial charge is 0.230 e. The van der Waals surface area contributed by atoms with Gasteiger partial charge >= 0.3 is 0 Å². The van der Waals surface area contributed by atoms with Gasteiger partial charge in [0.25, 0.3) is 0 Å². The average molecular weight is 365 g/mol. The van der Waals surface area contributed by atoms with Gasteiger partial charge in [-0.2, -0.15) is 0 Å². The summed E-state index contributed by atoms with van der Waals surface area (Å²) >= 11 is 0. The summed E-state index contributed by atoms with van der Waals surface area (Å²) in [5, 5.41) is 0. The van der Waals surface area contributed by atoms with Crippen LogP contribution in [-0.2, 0) is 11.3 Å². The van der Waals surface area contributed by atoms with E-state index in [1.54, 1.807) is 0 Å². The Morgan fingerprint density at radius 2 is 1.70 bits per heavy atom. The molecule has 0 radical (unpaired) electrons. The van der Waals surface area contributed by atoms with E-state index in [0.29, 0.717) is 12.6 Å². The summed E-state index contributed by atoms with van der Waals surface area (Å²) in [4.78, 5) is 18.2. The van der Waals surface area contributed by atoms with Gasteiger partial charge in [-0.25, -0.2) is 0 Å². The van der Waals surface area contributed by atoms with Gasteiger partial charge in [0.05, 0.1) is 5.92 Å². The molecule has 1 fully saturated rings. The Hall–Kier alpha value is -2.13. The molecule has 0 saturated carbocycles. The molecule has 3 heteroatoms. The lowest BCUT2D eigenvalue weighted by Gasteiger charge is -2.39. The van der Waals surface area contributed by atoms with E-state index < -0.39 is 0 Å². The molecule has 0 spiro atoms. The zero-order valence-electron chi connectivity index (χ0n) is 16.9. The van der Waals surface area contributed by atoms with Crippen LogP contribution in [0.5, 0.6) is 0 Å². The molecule has 3 nitrogen and oxygen atoms in total. The molecule has 3 rings (SSSR count). The first-order chi connectivity index (χ1) is 13.1. The molecule has 0 N–H and O–H groups in total. The second-order valence-electron chi connectivity index (χ2n) is 7.86. The predicted octanol–water partition coefficient (Wildman–Crippen LogP) is 4.61. The van der Waals surface area contributed by atoms with E-state index in [9.17, 15) is 4.79 Å². The van der Waals surface area contributed by atoms with Gasteiger partial charge in [0.2, 0.25) is 5.91 Å². The molecule has 1 atom stereocenters. The van der Waals surface area contributed by atoms with Crippen molar-refractivity contribution in [3.05, 3.63) is 71.3 Å². The Kier molecular flexibility index (Phi) is 6.68. The molecule has 1 aliphatic heterocycles. The molecule has 1 amide bonds. The van der Waals surface area contributed by atoms with E-state index in [1.165, 1.54) is 11.1 Å². The summed E-state index contributed by atoms with van der Waals surface area (Å²) in [7, 11) is 2.17. The Morgan fingerprint density at radius 1 is 1.07 bits per heavy atom. The maximum Gasteiger partial charge on any atom is 0.230 e. The molecule has 1 unspecified atom stereocenters. The summed E-state index contributed by atoms with van der Waals surface area (Å²) < 4.78 is 0.